The second kappa shape index (κ2) is 6.06. The van der Waals surface area contributed by atoms with E-state index >= 15 is 0 Å². The summed E-state index contributed by atoms with van der Waals surface area (Å²) in [6.45, 7) is 3.90. The predicted molar refractivity (Wildman–Crippen MR) is 82.6 cm³/mol. The quantitative estimate of drug-likeness (QED) is 0.880. The molecule has 0 spiro atoms. The van der Waals surface area contributed by atoms with Crippen molar-refractivity contribution in [3.05, 3.63) is 28.2 Å². The second-order valence-corrected chi connectivity index (χ2v) is 8.10. The minimum Gasteiger partial charge on any atom is -0.481 e. The molecule has 0 saturated carbocycles. The Morgan fingerprint density at radius 3 is 2.67 bits per heavy atom. The van der Waals surface area contributed by atoms with Gasteiger partial charge in [0.05, 0.1) is 10.8 Å². The normalized spacial score (nSPS) is 24.0. The van der Waals surface area contributed by atoms with Gasteiger partial charge >= 0.3 is 5.97 Å². The third kappa shape index (κ3) is 3.14. The fraction of sp³-hybridized carbons (Fsp3) is 0.500. The van der Waals surface area contributed by atoms with E-state index in [0.717, 1.165) is 10.0 Å². The van der Waals surface area contributed by atoms with Gasteiger partial charge in [-0.2, -0.15) is 4.31 Å². The summed E-state index contributed by atoms with van der Waals surface area (Å²) in [4.78, 5) is 11.4. The van der Waals surface area contributed by atoms with E-state index in [9.17, 15) is 18.3 Å². The Bertz CT molecular complexity index is 659. The van der Waals surface area contributed by atoms with Gasteiger partial charge in [-0.3, -0.25) is 4.79 Å². The van der Waals surface area contributed by atoms with Crippen LogP contribution in [0.3, 0.4) is 0 Å². The lowest BCUT2D eigenvalue weighted by Gasteiger charge is -2.36. The lowest BCUT2D eigenvalue weighted by molar-refractivity contribution is -0.144. The van der Waals surface area contributed by atoms with Gasteiger partial charge in [0.1, 0.15) is 0 Å². The van der Waals surface area contributed by atoms with E-state index < -0.39 is 28.0 Å². The molecule has 1 N–H and O–H groups in total. The fourth-order valence-electron chi connectivity index (χ4n) is 2.65. The summed E-state index contributed by atoms with van der Waals surface area (Å²) in [5.41, 5.74) is 0.948. The van der Waals surface area contributed by atoms with Crippen LogP contribution in [0.5, 0.6) is 0 Å². The van der Waals surface area contributed by atoms with Gasteiger partial charge < -0.3 is 5.11 Å². The summed E-state index contributed by atoms with van der Waals surface area (Å²) in [6.07, 6.45) is 1.08. The molecule has 7 heteroatoms. The van der Waals surface area contributed by atoms with Crippen molar-refractivity contribution in [2.45, 2.75) is 37.6 Å². The second-order valence-electron chi connectivity index (χ2n) is 5.35. The van der Waals surface area contributed by atoms with Gasteiger partial charge in [-0.1, -0.05) is 22.0 Å². The van der Waals surface area contributed by atoms with Crippen molar-refractivity contribution in [3.8, 4) is 0 Å². The maximum absolute atomic E-state index is 12.7. The highest BCUT2D eigenvalue weighted by molar-refractivity contribution is 9.10. The van der Waals surface area contributed by atoms with Crippen LogP contribution >= 0.6 is 15.9 Å². The molecule has 1 aromatic carbocycles. The third-order valence-corrected chi connectivity index (χ3v) is 6.83. The fourth-order valence-corrected chi connectivity index (χ4v) is 4.91. The summed E-state index contributed by atoms with van der Waals surface area (Å²) < 4.78 is 27.5. The molecule has 0 aliphatic carbocycles. The lowest BCUT2D eigenvalue weighted by atomic mass is 9.92. The summed E-state index contributed by atoms with van der Waals surface area (Å²) in [5.74, 6) is -1.59. The number of aliphatic carboxylic acids is 1. The Labute approximate surface area is 133 Å². The first-order valence-corrected chi connectivity index (χ1v) is 8.99. The molecule has 1 aromatic rings. The summed E-state index contributed by atoms with van der Waals surface area (Å²) in [6, 6.07) is 4.33. The third-order valence-electron chi connectivity index (χ3n) is 4.00. The summed E-state index contributed by atoms with van der Waals surface area (Å²) >= 11 is 3.34. The van der Waals surface area contributed by atoms with Crippen molar-refractivity contribution in [2.75, 3.05) is 6.54 Å². The molecule has 2 rings (SSSR count). The van der Waals surface area contributed by atoms with E-state index in [-0.39, 0.29) is 4.90 Å². The number of carbonyl (C=O) groups is 1. The predicted octanol–water partition coefficient (Wildman–Crippen LogP) is 2.63. The number of rotatable bonds is 3. The van der Waals surface area contributed by atoms with Crippen LogP contribution in [0.25, 0.3) is 0 Å². The van der Waals surface area contributed by atoms with Crippen LogP contribution in [0, 0.1) is 12.8 Å². The van der Waals surface area contributed by atoms with Gasteiger partial charge in [0.2, 0.25) is 10.0 Å². The zero-order valence-electron chi connectivity index (χ0n) is 11.9. The topological polar surface area (TPSA) is 74.7 Å². The Morgan fingerprint density at radius 2 is 2.10 bits per heavy atom. The van der Waals surface area contributed by atoms with E-state index in [1.807, 2.05) is 6.92 Å². The molecular weight excluding hydrogens is 358 g/mol. The Kier molecular flexibility index (Phi) is 4.75. The van der Waals surface area contributed by atoms with Crippen molar-refractivity contribution in [1.29, 1.82) is 0 Å². The van der Waals surface area contributed by atoms with Crippen LogP contribution in [0.15, 0.2) is 27.6 Å². The minimum atomic E-state index is -3.68. The number of nitrogens with zero attached hydrogens (tertiary/aromatic N) is 1. The highest BCUT2D eigenvalue weighted by Crippen LogP contribution is 2.30. The van der Waals surface area contributed by atoms with Crippen LogP contribution in [0.4, 0.5) is 0 Å². The van der Waals surface area contributed by atoms with Gasteiger partial charge in [-0.15, -0.1) is 0 Å². The number of halogens is 1. The van der Waals surface area contributed by atoms with Crippen LogP contribution in [-0.4, -0.2) is 36.4 Å². The van der Waals surface area contributed by atoms with Gasteiger partial charge in [0, 0.05) is 17.1 Å². The number of sulfonamides is 1. The highest BCUT2D eigenvalue weighted by Gasteiger charge is 2.39. The molecular formula is C14H18BrNO4S. The zero-order chi connectivity index (χ0) is 15.8. The number of hydrogen-bond donors (Lipinski definition) is 1. The van der Waals surface area contributed by atoms with Crippen LogP contribution in [0.1, 0.15) is 25.3 Å². The first-order valence-electron chi connectivity index (χ1n) is 6.76. The Hall–Kier alpha value is -0.920. The lowest BCUT2D eigenvalue weighted by Crippen LogP contribution is -2.48. The van der Waals surface area contributed by atoms with E-state index in [2.05, 4.69) is 15.9 Å². The molecule has 0 amide bonds. The van der Waals surface area contributed by atoms with E-state index in [0.29, 0.717) is 19.4 Å². The highest BCUT2D eigenvalue weighted by atomic mass is 79.9. The average molecular weight is 376 g/mol. The van der Waals surface area contributed by atoms with Gasteiger partial charge in [-0.05, 0) is 44.4 Å². The van der Waals surface area contributed by atoms with Gasteiger partial charge in [-0.25, -0.2) is 8.42 Å². The van der Waals surface area contributed by atoms with E-state index in [4.69, 9.17) is 0 Å². The smallest absolute Gasteiger partial charge is 0.308 e. The average Bonchev–Trinajstić information content (AvgIpc) is 2.41. The number of benzene rings is 1. The monoisotopic (exact) mass is 375 g/mol. The molecule has 1 aliphatic rings. The Balaban J connectivity index is 2.38. The van der Waals surface area contributed by atoms with Crippen molar-refractivity contribution in [1.82, 2.24) is 4.31 Å². The van der Waals surface area contributed by atoms with Crippen molar-refractivity contribution in [2.24, 2.45) is 5.92 Å². The van der Waals surface area contributed by atoms with Crippen molar-refractivity contribution >= 4 is 31.9 Å². The first-order chi connectivity index (χ1) is 9.75. The maximum Gasteiger partial charge on any atom is 0.308 e. The molecule has 21 heavy (non-hydrogen) atoms. The summed E-state index contributed by atoms with van der Waals surface area (Å²) in [7, 11) is -3.68. The molecule has 1 aliphatic heterocycles. The maximum atomic E-state index is 12.7. The molecule has 0 unspecified atom stereocenters. The van der Waals surface area contributed by atoms with Gasteiger partial charge in [0.15, 0.2) is 0 Å². The molecule has 0 radical (unpaired) electrons. The molecule has 1 saturated heterocycles. The SMILES string of the molecule is Cc1ccc(S(=O)(=O)N2CCC[C@@H](C(=O)O)[C@H]2C)cc1Br. The summed E-state index contributed by atoms with van der Waals surface area (Å²) in [5, 5.41) is 9.21. The first kappa shape index (κ1) is 16.5. The van der Waals surface area contributed by atoms with Crippen molar-refractivity contribution < 1.29 is 18.3 Å². The number of carboxylic acids is 1. The van der Waals surface area contributed by atoms with Gasteiger partial charge in [0.25, 0.3) is 0 Å². The minimum absolute atomic E-state index is 0.192. The molecule has 1 heterocycles. The molecule has 1 fully saturated rings. The number of aryl methyl sites for hydroxylation is 1. The largest absolute Gasteiger partial charge is 0.481 e. The molecule has 2 atom stereocenters. The van der Waals surface area contributed by atoms with E-state index in [1.54, 1.807) is 25.1 Å². The number of piperidine rings is 1. The van der Waals surface area contributed by atoms with Crippen LogP contribution in [0.2, 0.25) is 0 Å². The molecule has 0 aromatic heterocycles. The number of hydrogen-bond acceptors (Lipinski definition) is 3. The zero-order valence-corrected chi connectivity index (χ0v) is 14.3. The Morgan fingerprint density at radius 1 is 1.43 bits per heavy atom. The number of carboxylic acid groups (broad SMARTS) is 1. The van der Waals surface area contributed by atoms with E-state index in [1.165, 1.54) is 4.31 Å². The molecule has 116 valence electrons. The molecule has 0 bridgehead atoms. The molecule has 5 nitrogen and oxygen atoms in total. The van der Waals surface area contributed by atoms with Crippen molar-refractivity contribution in [3.63, 3.8) is 0 Å². The standard InChI is InChI=1S/C14H18BrNO4S/c1-9-5-6-11(8-13(9)15)21(19,20)16-7-3-4-12(10(16)2)14(17)18/h5-6,8,10,12H,3-4,7H2,1-2H3,(H,17,18)/t10-,12-/m1/s1. The van der Waals surface area contributed by atoms with Crippen LogP contribution < -0.4 is 0 Å². The van der Waals surface area contributed by atoms with Crippen LogP contribution in [-0.2, 0) is 14.8 Å².